The summed E-state index contributed by atoms with van der Waals surface area (Å²) < 4.78 is 4.90. The third-order valence-corrected chi connectivity index (χ3v) is 3.78. The lowest BCUT2D eigenvalue weighted by atomic mass is 9.86. The maximum absolute atomic E-state index is 12.3. The van der Waals surface area contributed by atoms with Crippen molar-refractivity contribution in [2.75, 3.05) is 19.7 Å². The van der Waals surface area contributed by atoms with E-state index in [1.54, 1.807) is 17.9 Å². The van der Waals surface area contributed by atoms with Crippen molar-refractivity contribution >= 4 is 11.9 Å². The Morgan fingerprint density at radius 3 is 2.60 bits per heavy atom. The quantitative estimate of drug-likeness (QED) is 0.507. The van der Waals surface area contributed by atoms with Crippen LogP contribution < -0.4 is 0 Å². The lowest BCUT2D eigenvalue weighted by Crippen LogP contribution is -2.34. The summed E-state index contributed by atoms with van der Waals surface area (Å²) in [6.45, 7) is 6.79. The molecule has 0 spiro atoms. The lowest BCUT2D eigenvalue weighted by Gasteiger charge is -2.26. The van der Waals surface area contributed by atoms with Crippen LogP contribution in [0.15, 0.2) is 12.7 Å². The molecule has 0 aromatic heterocycles. The molecule has 1 aliphatic carbocycles. The van der Waals surface area contributed by atoms with E-state index in [1.165, 1.54) is 19.3 Å². The van der Waals surface area contributed by atoms with E-state index in [1.807, 2.05) is 0 Å². The number of amides is 1. The maximum atomic E-state index is 12.3. The van der Waals surface area contributed by atoms with Crippen LogP contribution in [-0.4, -0.2) is 36.5 Å². The van der Waals surface area contributed by atoms with Crippen molar-refractivity contribution in [2.24, 2.45) is 5.92 Å². The molecule has 4 nitrogen and oxygen atoms in total. The van der Waals surface area contributed by atoms with Gasteiger partial charge in [0, 0.05) is 19.5 Å². The van der Waals surface area contributed by atoms with Gasteiger partial charge in [-0.25, -0.2) is 0 Å². The third-order valence-electron chi connectivity index (χ3n) is 3.78. The third kappa shape index (κ3) is 6.22. The number of hydrogen-bond acceptors (Lipinski definition) is 3. The standard InChI is InChI=1S/C16H27NO3/c1-3-11-17(12-10-16(19)20-4-2)15(18)13-14-8-6-5-7-9-14/h3,14H,1,4-13H2,2H3. The second kappa shape index (κ2) is 9.56. The predicted molar refractivity (Wildman–Crippen MR) is 79.2 cm³/mol. The number of nitrogens with zero attached hydrogens (tertiary/aromatic N) is 1. The molecule has 0 heterocycles. The number of esters is 1. The number of carbonyl (C=O) groups is 2. The van der Waals surface area contributed by atoms with Gasteiger partial charge in [-0.05, 0) is 25.7 Å². The topological polar surface area (TPSA) is 46.6 Å². The smallest absolute Gasteiger partial charge is 0.307 e. The first-order valence-electron chi connectivity index (χ1n) is 7.71. The number of rotatable bonds is 8. The first-order valence-corrected chi connectivity index (χ1v) is 7.71. The van der Waals surface area contributed by atoms with Crippen LogP contribution in [0.5, 0.6) is 0 Å². The maximum Gasteiger partial charge on any atom is 0.307 e. The predicted octanol–water partition coefficient (Wildman–Crippen LogP) is 2.92. The number of hydrogen-bond donors (Lipinski definition) is 0. The summed E-state index contributed by atoms with van der Waals surface area (Å²) in [6.07, 6.45) is 8.67. The van der Waals surface area contributed by atoms with E-state index in [2.05, 4.69) is 6.58 Å². The van der Waals surface area contributed by atoms with Crippen LogP contribution in [0.1, 0.15) is 51.9 Å². The van der Waals surface area contributed by atoms with E-state index in [4.69, 9.17) is 4.74 Å². The average molecular weight is 281 g/mol. The van der Waals surface area contributed by atoms with Crippen molar-refractivity contribution in [1.29, 1.82) is 0 Å². The highest BCUT2D eigenvalue weighted by atomic mass is 16.5. The summed E-state index contributed by atoms with van der Waals surface area (Å²) >= 11 is 0. The van der Waals surface area contributed by atoms with Crippen LogP contribution in [-0.2, 0) is 14.3 Å². The molecule has 1 fully saturated rings. The van der Waals surface area contributed by atoms with Crippen molar-refractivity contribution in [3.05, 3.63) is 12.7 Å². The van der Waals surface area contributed by atoms with Gasteiger partial charge >= 0.3 is 5.97 Å². The summed E-state index contributed by atoms with van der Waals surface area (Å²) in [5.41, 5.74) is 0. The molecular weight excluding hydrogens is 254 g/mol. The molecule has 1 saturated carbocycles. The van der Waals surface area contributed by atoms with Gasteiger partial charge in [0.05, 0.1) is 13.0 Å². The minimum Gasteiger partial charge on any atom is -0.466 e. The molecule has 0 N–H and O–H groups in total. The molecule has 0 aromatic carbocycles. The van der Waals surface area contributed by atoms with Crippen molar-refractivity contribution in [2.45, 2.75) is 51.9 Å². The summed E-state index contributed by atoms with van der Waals surface area (Å²) in [6, 6.07) is 0. The van der Waals surface area contributed by atoms with E-state index in [0.29, 0.717) is 32.0 Å². The molecule has 0 bridgehead atoms. The van der Waals surface area contributed by atoms with E-state index < -0.39 is 0 Å². The van der Waals surface area contributed by atoms with E-state index >= 15 is 0 Å². The van der Waals surface area contributed by atoms with Crippen molar-refractivity contribution < 1.29 is 14.3 Å². The summed E-state index contributed by atoms with van der Waals surface area (Å²) in [5.74, 6) is 0.416. The first kappa shape index (κ1) is 16.7. The Bertz CT molecular complexity index is 322. The van der Waals surface area contributed by atoms with Gasteiger partial charge in [-0.15, -0.1) is 6.58 Å². The molecule has 20 heavy (non-hydrogen) atoms. The molecule has 0 unspecified atom stereocenters. The number of carbonyl (C=O) groups excluding carboxylic acids is 2. The highest BCUT2D eigenvalue weighted by Crippen LogP contribution is 2.26. The fourth-order valence-corrected chi connectivity index (χ4v) is 2.70. The highest BCUT2D eigenvalue weighted by molar-refractivity contribution is 5.77. The SMILES string of the molecule is C=CCN(CCC(=O)OCC)C(=O)CC1CCCCC1. The molecule has 0 aromatic rings. The van der Waals surface area contributed by atoms with Gasteiger partial charge in [0.25, 0.3) is 0 Å². The van der Waals surface area contributed by atoms with Crippen LogP contribution in [0.3, 0.4) is 0 Å². The molecule has 0 aliphatic heterocycles. The van der Waals surface area contributed by atoms with Gasteiger partial charge in [0.1, 0.15) is 0 Å². The second-order valence-electron chi connectivity index (χ2n) is 5.39. The van der Waals surface area contributed by atoms with Crippen LogP contribution in [0.25, 0.3) is 0 Å². The fraction of sp³-hybridized carbons (Fsp3) is 0.750. The minimum absolute atomic E-state index is 0.140. The Hall–Kier alpha value is -1.32. The molecule has 0 atom stereocenters. The Balaban J connectivity index is 2.40. The fourth-order valence-electron chi connectivity index (χ4n) is 2.70. The van der Waals surface area contributed by atoms with Gasteiger partial charge in [-0.2, -0.15) is 0 Å². The van der Waals surface area contributed by atoms with E-state index in [-0.39, 0.29) is 18.3 Å². The Labute approximate surface area is 122 Å². The summed E-state index contributed by atoms with van der Waals surface area (Å²) in [4.78, 5) is 25.4. The summed E-state index contributed by atoms with van der Waals surface area (Å²) in [7, 11) is 0. The zero-order chi connectivity index (χ0) is 14.8. The van der Waals surface area contributed by atoms with E-state index in [9.17, 15) is 9.59 Å². The zero-order valence-electron chi connectivity index (χ0n) is 12.6. The van der Waals surface area contributed by atoms with Crippen LogP contribution in [0.2, 0.25) is 0 Å². The van der Waals surface area contributed by atoms with Crippen molar-refractivity contribution in [1.82, 2.24) is 4.90 Å². The molecule has 0 radical (unpaired) electrons. The molecule has 0 saturated heterocycles. The minimum atomic E-state index is -0.243. The van der Waals surface area contributed by atoms with Gasteiger partial charge in [-0.3, -0.25) is 9.59 Å². The van der Waals surface area contributed by atoms with Gasteiger partial charge in [0.15, 0.2) is 0 Å². The summed E-state index contributed by atoms with van der Waals surface area (Å²) in [5, 5.41) is 0. The average Bonchev–Trinajstić information content (AvgIpc) is 2.44. The number of ether oxygens (including phenoxy) is 1. The van der Waals surface area contributed by atoms with Gasteiger partial charge < -0.3 is 9.64 Å². The molecule has 114 valence electrons. The second-order valence-corrected chi connectivity index (χ2v) is 5.39. The van der Waals surface area contributed by atoms with Crippen LogP contribution in [0, 0.1) is 5.92 Å². The lowest BCUT2D eigenvalue weighted by molar-refractivity contribution is -0.144. The molecule has 4 heteroatoms. The largest absolute Gasteiger partial charge is 0.466 e. The normalized spacial score (nSPS) is 15.7. The van der Waals surface area contributed by atoms with Crippen LogP contribution >= 0.6 is 0 Å². The van der Waals surface area contributed by atoms with Gasteiger partial charge in [-0.1, -0.05) is 25.3 Å². The zero-order valence-corrected chi connectivity index (χ0v) is 12.6. The Morgan fingerprint density at radius 1 is 1.30 bits per heavy atom. The monoisotopic (exact) mass is 281 g/mol. The Morgan fingerprint density at radius 2 is 2.00 bits per heavy atom. The molecule has 1 amide bonds. The Kier molecular flexibility index (Phi) is 8.00. The first-order chi connectivity index (χ1) is 9.67. The van der Waals surface area contributed by atoms with Crippen molar-refractivity contribution in [3.8, 4) is 0 Å². The van der Waals surface area contributed by atoms with Gasteiger partial charge in [0.2, 0.25) is 5.91 Å². The van der Waals surface area contributed by atoms with Crippen molar-refractivity contribution in [3.63, 3.8) is 0 Å². The molecule has 1 rings (SSSR count). The van der Waals surface area contributed by atoms with E-state index in [0.717, 1.165) is 12.8 Å². The molecule has 1 aliphatic rings. The highest BCUT2D eigenvalue weighted by Gasteiger charge is 2.21. The van der Waals surface area contributed by atoms with Crippen LogP contribution in [0.4, 0.5) is 0 Å². The molecular formula is C16H27NO3.